The topological polar surface area (TPSA) is 161 Å². The molecule has 0 atom stereocenters. The molecule has 0 heterocycles. The minimum atomic E-state index is -0.407. The Balaban J connectivity index is 0.00000119. The van der Waals surface area contributed by atoms with Crippen molar-refractivity contribution in [3.8, 4) is 11.5 Å². The van der Waals surface area contributed by atoms with Crippen molar-refractivity contribution in [3.05, 3.63) is 48.6 Å². The van der Waals surface area contributed by atoms with Crippen LogP contribution in [0.25, 0.3) is 0 Å². The normalized spacial score (nSPS) is 10.4. The molecule has 14 heteroatoms. The van der Waals surface area contributed by atoms with Crippen LogP contribution in [0.2, 0.25) is 0 Å². The molecule has 14 nitrogen and oxygen atoms in total. The van der Waals surface area contributed by atoms with Crippen LogP contribution in [0.1, 0.15) is 91.4 Å². The van der Waals surface area contributed by atoms with E-state index in [2.05, 4.69) is 20.1 Å². The summed E-state index contributed by atoms with van der Waals surface area (Å²) in [6.45, 7) is 18.4. The number of unbranched alkanes of at least 4 members (excludes halogenated alkanes) is 4. The second kappa shape index (κ2) is 37.9. The zero-order valence-corrected chi connectivity index (χ0v) is 34.4. The Morgan fingerprint density at radius 3 is 1.34 bits per heavy atom. The molecule has 0 radical (unpaired) electrons. The molecule has 0 aliphatic heterocycles. The lowest BCUT2D eigenvalue weighted by atomic mass is 10.2. The third kappa shape index (κ3) is 34.5. The molecule has 1 aromatic rings. The van der Waals surface area contributed by atoms with Crippen LogP contribution in [0.4, 0.5) is 0 Å². The van der Waals surface area contributed by atoms with Gasteiger partial charge in [0, 0.05) is 63.6 Å². The SMILES string of the molecule is C=C(C)C(=O)OCCCCC(=O)OCCOCCCCOC.C=C(C)C(=O)OCCCCC(=O)OCCOCCCCOCCOc1cccc(OCCC)c1. The van der Waals surface area contributed by atoms with Gasteiger partial charge in [0.05, 0.1) is 39.6 Å². The fourth-order valence-electron chi connectivity index (χ4n) is 4.15. The van der Waals surface area contributed by atoms with E-state index in [9.17, 15) is 19.2 Å². The fourth-order valence-corrected chi connectivity index (χ4v) is 4.15. The van der Waals surface area contributed by atoms with E-state index in [-0.39, 0.29) is 31.8 Å². The van der Waals surface area contributed by atoms with Crippen molar-refractivity contribution in [1.82, 2.24) is 0 Å². The van der Waals surface area contributed by atoms with Gasteiger partial charge in [0.15, 0.2) is 0 Å². The summed E-state index contributed by atoms with van der Waals surface area (Å²) in [5.74, 6) is 0.254. The van der Waals surface area contributed by atoms with Crippen LogP contribution in [-0.2, 0) is 57.1 Å². The number of ether oxygens (including phenoxy) is 10. The molecule has 0 aromatic heterocycles. The molecule has 0 saturated heterocycles. The molecule has 56 heavy (non-hydrogen) atoms. The van der Waals surface area contributed by atoms with Crippen LogP contribution in [0, 0.1) is 0 Å². The highest BCUT2D eigenvalue weighted by Gasteiger charge is 2.07. The van der Waals surface area contributed by atoms with Crippen molar-refractivity contribution < 1.29 is 66.5 Å². The fraction of sp³-hybridized carbons (Fsp3) is 0.667. The zero-order valence-electron chi connectivity index (χ0n) is 34.4. The van der Waals surface area contributed by atoms with Gasteiger partial charge in [-0.1, -0.05) is 26.1 Å². The largest absolute Gasteiger partial charge is 0.493 e. The molecule has 0 bridgehead atoms. The van der Waals surface area contributed by atoms with E-state index in [0.717, 1.165) is 50.2 Å². The van der Waals surface area contributed by atoms with Crippen LogP contribution < -0.4 is 9.47 Å². The number of esters is 4. The maximum atomic E-state index is 11.6. The molecule has 0 spiro atoms. The Morgan fingerprint density at radius 1 is 0.500 bits per heavy atom. The van der Waals surface area contributed by atoms with Gasteiger partial charge in [-0.25, -0.2) is 9.59 Å². The molecule has 0 fully saturated rings. The first-order valence-corrected chi connectivity index (χ1v) is 19.6. The Morgan fingerprint density at radius 2 is 0.911 bits per heavy atom. The van der Waals surface area contributed by atoms with Gasteiger partial charge in [0.2, 0.25) is 0 Å². The Kier molecular flexibility index (Phi) is 35.2. The second-order valence-electron chi connectivity index (χ2n) is 12.6. The Hall–Kier alpha value is -3.98. The maximum absolute atomic E-state index is 11.6. The summed E-state index contributed by atoms with van der Waals surface area (Å²) in [5.41, 5.74) is 0.745. The highest BCUT2D eigenvalue weighted by atomic mass is 16.6. The van der Waals surface area contributed by atoms with Gasteiger partial charge >= 0.3 is 23.9 Å². The number of rotatable bonds is 35. The van der Waals surface area contributed by atoms with Gasteiger partial charge in [-0.2, -0.15) is 0 Å². The first kappa shape index (κ1) is 52.0. The summed E-state index contributed by atoms with van der Waals surface area (Å²) in [4.78, 5) is 45.3. The highest BCUT2D eigenvalue weighted by Crippen LogP contribution is 2.19. The van der Waals surface area contributed by atoms with Crippen molar-refractivity contribution in [2.75, 3.05) is 93.0 Å². The van der Waals surface area contributed by atoms with Gasteiger partial charge in [0.25, 0.3) is 0 Å². The van der Waals surface area contributed by atoms with E-state index >= 15 is 0 Å². The minimum Gasteiger partial charge on any atom is -0.493 e. The molecule has 0 saturated carbocycles. The van der Waals surface area contributed by atoms with E-state index in [1.807, 2.05) is 24.3 Å². The molecule has 320 valence electrons. The predicted octanol–water partition coefficient (Wildman–Crippen LogP) is 6.76. The molecule has 0 N–H and O–H groups in total. The van der Waals surface area contributed by atoms with Gasteiger partial charge in [0.1, 0.15) is 31.3 Å². The number of benzene rings is 1. The summed E-state index contributed by atoms with van der Waals surface area (Å²) < 4.78 is 52.6. The van der Waals surface area contributed by atoms with E-state index in [0.29, 0.717) is 109 Å². The summed E-state index contributed by atoms with van der Waals surface area (Å²) >= 11 is 0. The lowest BCUT2D eigenvalue weighted by molar-refractivity contribution is -0.146. The first-order valence-electron chi connectivity index (χ1n) is 19.6. The van der Waals surface area contributed by atoms with E-state index in [4.69, 9.17) is 47.4 Å². The van der Waals surface area contributed by atoms with E-state index in [1.165, 1.54) is 0 Å². The summed E-state index contributed by atoms with van der Waals surface area (Å²) in [5, 5.41) is 0. The van der Waals surface area contributed by atoms with Gasteiger partial charge < -0.3 is 47.4 Å². The van der Waals surface area contributed by atoms with Crippen molar-refractivity contribution in [2.45, 2.75) is 91.4 Å². The van der Waals surface area contributed by atoms with Gasteiger partial charge in [-0.05, 0) is 83.8 Å². The average Bonchev–Trinajstić information content (AvgIpc) is 3.18. The van der Waals surface area contributed by atoms with Crippen LogP contribution in [0.3, 0.4) is 0 Å². The van der Waals surface area contributed by atoms with Crippen molar-refractivity contribution >= 4 is 23.9 Å². The number of carbonyl (C=O) groups is 4. The van der Waals surface area contributed by atoms with Crippen molar-refractivity contribution in [1.29, 1.82) is 0 Å². The van der Waals surface area contributed by atoms with Gasteiger partial charge in [-0.15, -0.1) is 0 Å². The lowest BCUT2D eigenvalue weighted by Gasteiger charge is -2.09. The molecule has 0 amide bonds. The molecule has 0 aliphatic rings. The Bertz CT molecular complexity index is 1200. The zero-order chi connectivity index (χ0) is 41.5. The predicted molar refractivity (Wildman–Crippen MR) is 212 cm³/mol. The molecule has 0 unspecified atom stereocenters. The van der Waals surface area contributed by atoms with Crippen LogP contribution in [0.15, 0.2) is 48.6 Å². The summed E-state index contributed by atoms with van der Waals surface area (Å²) in [7, 11) is 1.67. The van der Waals surface area contributed by atoms with Gasteiger partial charge in [-0.3, -0.25) is 9.59 Å². The summed E-state index contributed by atoms with van der Waals surface area (Å²) in [6, 6.07) is 7.61. The first-order chi connectivity index (χ1) is 27.1. The minimum absolute atomic E-state index is 0.238. The summed E-state index contributed by atoms with van der Waals surface area (Å²) in [6.07, 6.45) is 7.71. The highest BCUT2D eigenvalue weighted by molar-refractivity contribution is 5.87. The van der Waals surface area contributed by atoms with Crippen molar-refractivity contribution in [2.24, 2.45) is 0 Å². The quantitative estimate of drug-likeness (QED) is 0.0307. The maximum Gasteiger partial charge on any atom is 0.333 e. The monoisotopic (exact) mass is 796 g/mol. The number of methoxy groups -OCH3 is 1. The number of hydrogen-bond acceptors (Lipinski definition) is 14. The third-order valence-electron chi connectivity index (χ3n) is 7.18. The van der Waals surface area contributed by atoms with E-state index < -0.39 is 11.9 Å². The number of carbonyl (C=O) groups excluding carboxylic acids is 4. The third-order valence-corrected chi connectivity index (χ3v) is 7.18. The van der Waals surface area contributed by atoms with Crippen LogP contribution in [0.5, 0.6) is 11.5 Å². The smallest absolute Gasteiger partial charge is 0.333 e. The van der Waals surface area contributed by atoms with Crippen LogP contribution >= 0.6 is 0 Å². The molecule has 0 aliphatic carbocycles. The molecule has 1 aromatic carbocycles. The molecular formula is C42H68O14. The second-order valence-corrected chi connectivity index (χ2v) is 12.6. The van der Waals surface area contributed by atoms with Crippen LogP contribution in [-0.4, -0.2) is 117 Å². The lowest BCUT2D eigenvalue weighted by Crippen LogP contribution is -2.12. The number of hydrogen-bond donors (Lipinski definition) is 0. The van der Waals surface area contributed by atoms with Crippen molar-refractivity contribution in [3.63, 3.8) is 0 Å². The molecule has 1 rings (SSSR count). The van der Waals surface area contributed by atoms with E-state index in [1.54, 1.807) is 21.0 Å². The molecular weight excluding hydrogens is 728 g/mol. The average molecular weight is 797 g/mol. The Labute approximate surface area is 334 Å². The standard InChI is InChI=1S/C26H40O8.C16H28O6/c1-4-13-31-23-10-9-11-24(21-23)32-19-17-29-14-7-8-15-30-18-20-33-25(27)12-5-6-16-34-26(28)22(2)3;1-14(2)16(18)22-11-5-4-8-15(17)21-13-12-20-10-7-6-9-19-3/h9-11,21H,2,4-8,12-20H2,1,3H3;1,4-13H2,2-3H3.